The zero-order valence-corrected chi connectivity index (χ0v) is 15.5. The van der Waals surface area contributed by atoms with Gasteiger partial charge in [0.25, 0.3) is 0 Å². The lowest BCUT2D eigenvalue weighted by Gasteiger charge is -2.28. The minimum atomic E-state index is 0.713. The molecule has 3 aliphatic rings. The van der Waals surface area contributed by atoms with Crippen LogP contribution in [0.5, 0.6) is 0 Å². The fourth-order valence-electron chi connectivity index (χ4n) is 3.29. The van der Waals surface area contributed by atoms with Crippen molar-refractivity contribution in [1.82, 2.24) is 0 Å². The van der Waals surface area contributed by atoms with Gasteiger partial charge in [-0.05, 0) is 37.4 Å². The molecule has 1 heteroatoms. The third-order valence-electron chi connectivity index (χ3n) is 4.46. The largest absolute Gasteiger partial charge is 0.164 e. The molecule has 0 N–H and O–H groups in total. The van der Waals surface area contributed by atoms with E-state index in [-0.39, 0.29) is 0 Å². The van der Waals surface area contributed by atoms with Crippen LogP contribution in [0.2, 0.25) is 0 Å². The Kier molecular flexibility index (Phi) is 11.3. The number of allylic oxidation sites excluding steroid dienone is 8. The second kappa shape index (κ2) is 12.8. The van der Waals surface area contributed by atoms with E-state index in [2.05, 4.69) is 54.9 Å². The number of hydrogen-bond donors (Lipinski definition) is 0. The molecular weight excluding hydrogens is 284 g/mol. The van der Waals surface area contributed by atoms with Crippen LogP contribution in [0, 0.1) is 17.8 Å². The van der Waals surface area contributed by atoms with Crippen LogP contribution >= 0.6 is 11.8 Å². The highest BCUT2D eigenvalue weighted by Crippen LogP contribution is 2.33. The minimum Gasteiger partial charge on any atom is -0.164 e. The van der Waals surface area contributed by atoms with Gasteiger partial charge in [-0.2, -0.15) is 11.8 Å². The third-order valence-corrected chi connectivity index (χ3v) is 5.17. The molecule has 0 heterocycles. The molecule has 3 rings (SSSR count). The topological polar surface area (TPSA) is 0 Å². The van der Waals surface area contributed by atoms with Crippen LogP contribution in [-0.4, -0.2) is 12.0 Å². The second-order valence-corrected chi connectivity index (χ2v) is 6.91. The summed E-state index contributed by atoms with van der Waals surface area (Å²) in [5, 5.41) is 0. The lowest BCUT2D eigenvalue weighted by Crippen LogP contribution is -2.16. The smallest absolute Gasteiger partial charge is 0.00434 e. The quantitative estimate of drug-likeness (QED) is 0.550. The van der Waals surface area contributed by atoms with Gasteiger partial charge >= 0.3 is 0 Å². The Morgan fingerprint density at radius 3 is 2.05 bits per heavy atom. The van der Waals surface area contributed by atoms with Gasteiger partial charge < -0.3 is 0 Å². The summed E-state index contributed by atoms with van der Waals surface area (Å²) in [6, 6.07) is 0. The van der Waals surface area contributed by atoms with Gasteiger partial charge in [0.1, 0.15) is 0 Å². The van der Waals surface area contributed by atoms with Crippen LogP contribution in [0.25, 0.3) is 0 Å². The van der Waals surface area contributed by atoms with E-state index in [0.29, 0.717) is 5.92 Å². The highest BCUT2D eigenvalue weighted by atomic mass is 32.2. The van der Waals surface area contributed by atoms with Crippen LogP contribution in [-0.2, 0) is 0 Å². The van der Waals surface area contributed by atoms with Crippen molar-refractivity contribution in [2.75, 3.05) is 12.0 Å². The van der Waals surface area contributed by atoms with E-state index in [1.165, 1.54) is 44.3 Å². The average molecular weight is 319 g/mol. The molecule has 0 aromatic carbocycles. The van der Waals surface area contributed by atoms with Crippen molar-refractivity contribution in [3.63, 3.8) is 0 Å². The van der Waals surface area contributed by atoms with Gasteiger partial charge in [-0.1, -0.05) is 81.7 Å². The zero-order valence-electron chi connectivity index (χ0n) is 14.7. The summed E-state index contributed by atoms with van der Waals surface area (Å²) in [7, 11) is 0. The molecule has 3 aliphatic carbocycles. The summed E-state index contributed by atoms with van der Waals surface area (Å²) in [4.78, 5) is 0. The van der Waals surface area contributed by atoms with E-state index in [9.17, 15) is 0 Å². The average Bonchev–Trinajstić information content (AvgIpc) is 3.13. The van der Waals surface area contributed by atoms with Gasteiger partial charge in [-0.3, -0.25) is 0 Å². The zero-order chi connectivity index (χ0) is 16.0. The van der Waals surface area contributed by atoms with Gasteiger partial charge in [0.15, 0.2) is 0 Å². The van der Waals surface area contributed by atoms with Crippen LogP contribution in [0.1, 0.15) is 52.4 Å². The number of thioether (sulfide) groups is 1. The van der Waals surface area contributed by atoms with Crippen molar-refractivity contribution in [2.24, 2.45) is 17.8 Å². The molecule has 0 nitrogen and oxygen atoms in total. The Bertz CT molecular complexity index is 357. The summed E-state index contributed by atoms with van der Waals surface area (Å²) in [5.41, 5.74) is 0. The summed E-state index contributed by atoms with van der Waals surface area (Å²) in [6.45, 7) is 4.00. The standard InChI is InChI=1S/C12H18.C7H10S.C2H6/c1-3-7-11(8-4-1)12-9-5-2-6-10-12;1-8-6-7-4-2-3-5-7;1-2/h1,3-4,7,11-12H,2,5-6,8-10H2;2-5,7H,6H2,1H3;1-2H3. The van der Waals surface area contributed by atoms with E-state index in [4.69, 9.17) is 0 Å². The number of rotatable bonds is 3. The van der Waals surface area contributed by atoms with Crippen LogP contribution in [0.3, 0.4) is 0 Å². The van der Waals surface area contributed by atoms with E-state index in [0.717, 1.165) is 11.8 Å². The molecule has 0 bridgehead atoms. The normalized spacial score (nSPS) is 23.7. The van der Waals surface area contributed by atoms with E-state index in [1.54, 1.807) is 0 Å². The molecule has 0 aliphatic heterocycles. The van der Waals surface area contributed by atoms with Crippen molar-refractivity contribution < 1.29 is 0 Å². The molecule has 124 valence electrons. The van der Waals surface area contributed by atoms with Crippen molar-refractivity contribution in [3.8, 4) is 0 Å². The van der Waals surface area contributed by atoms with Crippen molar-refractivity contribution in [3.05, 3.63) is 48.6 Å². The highest BCUT2D eigenvalue weighted by Gasteiger charge is 2.20. The molecule has 0 aromatic rings. The fraction of sp³-hybridized carbons (Fsp3) is 0.619. The van der Waals surface area contributed by atoms with Gasteiger partial charge in [0.05, 0.1) is 0 Å². The molecule has 1 fully saturated rings. The Labute approximate surface area is 142 Å². The number of hydrogen-bond acceptors (Lipinski definition) is 1. The van der Waals surface area contributed by atoms with Crippen LogP contribution < -0.4 is 0 Å². The molecule has 0 saturated heterocycles. The Morgan fingerprint density at radius 2 is 1.50 bits per heavy atom. The molecule has 0 aromatic heterocycles. The predicted molar refractivity (Wildman–Crippen MR) is 104 cm³/mol. The first-order valence-electron chi connectivity index (χ1n) is 9.07. The minimum absolute atomic E-state index is 0.713. The van der Waals surface area contributed by atoms with Gasteiger partial charge in [0, 0.05) is 11.7 Å². The lowest BCUT2D eigenvalue weighted by atomic mass is 9.77. The van der Waals surface area contributed by atoms with E-state index >= 15 is 0 Å². The summed E-state index contributed by atoms with van der Waals surface area (Å²) in [6.07, 6.45) is 28.6. The molecule has 0 amide bonds. The SMILES string of the molecule is C1=CCC(C2CCCCC2)C=C1.CC.CSCC1C=CC=C1. The second-order valence-electron chi connectivity index (χ2n) is 6.00. The van der Waals surface area contributed by atoms with Crippen molar-refractivity contribution in [1.29, 1.82) is 0 Å². The highest BCUT2D eigenvalue weighted by molar-refractivity contribution is 7.98. The predicted octanol–water partition coefficient (Wildman–Crippen LogP) is 6.82. The van der Waals surface area contributed by atoms with Crippen molar-refractivity contribution >= 4 is 11.8 Å². The summed E-state index contributed by atoms with van der Waals surface area (Å²) >= 11 is 1.90. The Balaban J connectivity index is 0.000000211. The monoisotopic (exact) mass is 318 g/mol. The maximum atomic E-state index is 2.41. The maximum absolute atomic E-state index is 2.41. The maximum Gasteiger partial charge on any atom is 0.00434 e. The van der Waals surface area contributed by atoms with Crippen LogP contribution in [0.4, 0.5) is 0 Å². The Hall–Kier alpha value is -0.690. The van der Waals surface area contributed by atoms with E-state index in [1.807, 2.05) is 25.6 Å². The third kappa shape index (κ3) is 7.54. The van der Waals surface area contributed by atoms with E-state index < -0.39 is 0 Å². The molecule has 0 spiro atoms. The molecule has 1 saturated carbocycles. The first kappa shape index (κ1) is 19.4. The molecule has 22 heavy (non-hydrogen) atoms. The van der Waals surface area contributed by atoms with Gasteiger partial charge in [-0.25, -0.2) is 0 Å². The molecule has 0 radical (unpaired) electrons. The Morgan fingerprint density at radius 1 is 0.864 bits per heavy atom. The van der Waals surface area contributed by atoms with Crippen molar-refractivity contribution in [2.45, 2.75) is 52.4 Å². The first-order valence-corrected chi connectivity index (χ1v) is 10.5. The fourth-order valence-corrected chi connectivity index (χ4v) is 3.90. The molecular formula is C21H34S. The molecule has 1 unspecified atom stereocenters. The first-order chi connectivity index (χ1) is 10.9. The van der Waals surface area contributed by atoms with Gasteiger partial charge in [-0.15, -0.1) is 0 Å². The summed E-state index contributed by atoms with van der Waals surface area (Å²) in [5.74, 6) is 3.81. The molecule has 1 atom stereocenters. The summed E-state index contributed by atoms with van der Waals surface area (Å²) < 4.78 is 0. The van der Waals surface area contributed by atoms with Crippen LogP contribution in [0.15, 0.2) is 48.6 Å². The lowest BCUT2D eigenvalue weighted by molar-refractivity contribution is 0.286. The van der Waals surface area contributed by atoms with Gasteiger partial charge in [0.2, 0.25) is 0 Å².